The number of methoxy groups -OCH3 is 1. The molecular formula is C12H15ClO2. The molecule has 1 aliphatic rings. The summed E-state index contributed by atoms with van der Waals surface area (Å²) in [7, 11) is 1.60. The number of hydrogen-bond donors (Lipinski definition) is 1. The minimum Gasteiger partial charge on any atom is -0.495 e. The van der Waals surface area contributed by atoms with Gasteiger partial charge in [0.05, 0.1) is 17.7 Å². The summed E-state index contributed by atoms with van der Waals surface area (Å²) in [4.78, 5) is 0. The van der Waals surface area contributed by atoms with E-state index in [1.165, 1.54) is 0 Å². The topological polar surface area (TPSA) is 29.5 Å². The lowest BCUT2D eigenvalue weighted by Crippen LogP contribution is -2.08. The van der Waals surface area contributed by atoms with Crippen molar-refractivity contribution in [3.8, 4) is 5.75 Å². The van der Waals surface area contributed by atoms with Crippen LogP contribution in [-0.2, 0) is 12.0 Å². The Bertz CT molecular complexity index is 383. The van der Waals surface area contributed by atoms with Gasteiger partial charge in [-0.2, -0.15) is 0 Å². The van der Waals surface area contributed by atoms with Crippen LogP contribution in [0.5, 0.6) is 5.75 Å². The lowest BCUT2D eigenvalue weighted by Gasteiger charge is -2.15. The smallest absolute Gasteiger partial charge is 0.137 e. The minimum atomic E-state index is -0.624. The van der Waals surface area contributed by atoms with E-state index in [9.17, 15) is 5.11 Å². The molecule has 0 aromatic heterocycles. The third kappa shape index (κ3) is 1.84. The number of aliphatic hydroxyl groups is 1. The van der Waals surface area contributed by atoms with Crippen LogP contribution >= 0.6 is 11.6 Å². The van der Waals surface area contributed by atoms with Crippen LogP contribution in [0.25, 0.3) is 0 Å². The van der Waals surface area contributed by atoms with Crippen molar-refractivity contribution in [1.82, 2.24) is 0 Å². The fourth-order valence-electron chi connectivity index (χ4n) is 1.87. The fraction of sp³-hybridized carbons (Fsp3) is 0.500. The molecule has 1 aromatic carbocycles. The summed E-state index contributed by atoms with van der Waals surface area (Å²) in [5.41, 5.74) is 1.47. The second-order valence-electron chi connectivity index (χ2n) is 4.03. The second kappa shape index (κ2) is 3.69. The van der Waals surface area contributed by atoms with E-state index in [4.69, 9.17) is 16.3 Å². The Labute approximate surface area is 94.8 Å². The van der Waals surface area contributed by atoms with Gasteiger partial charge in [-0.15, -0.1) is 0 Å². The third-order valence-corrected chi connectivity index (χ3v) is 3.28. The number of ether oxygens (including phenoxy) is 1. The summed E-state index contributed by atoms with van der Waals surface area (Å²) in [6.45, 7) is 2.07. The summed E-state index contributed by atoms with van der Waals surface area (Å²) < 4.78 is 5.16. The predicted molar refractivity (Wildman–Crippen MR) is 60.5 cm³/mol. The number of hydrogen-bond acceptors (Lipinski definition) is 2. The molecule has 3 heteroatoms. The number of halogens is 1. The fourth-order valence-corrected chi connectivity index (χ4v) is 2.11. The van der Waals surface area contributed by atoms with Crippen molar-refractivity contribution >= 4 is 11.6 Å². The molecule has 2 nitrogen and oxygen atoms in total. The van der Waals surface area contributed by atoms with Gasteiger partial charge in [0.25, 0.3) is 0 Å². The van der Waals surface area contributed by atoms with Gasteiger partial charge in [-0.05, 0) is 42.5 Å². The molecule has 2 rings (SSSR count). The standard InChI is InChI=1S/C12H15ClO2/c1-3-8-6-11(15-2)10(13)7-9(8)12(14)4-5-12/h6-7,14H,3-5H2,1-2H3. The Kier molecular flexibility index (Phi) is 2.65. The lowest BCUT2D eigenvalue weighted by molar-refractivity contribution is 0.150. The molecule has 1 fully saturated rings. The minimum absolute atomic E-state index is 0.574. The van der Waals surface area contributed by atoms with Crippen LogP contribution in [0.1, 0.15) is 30.9 Å². The molecule has 15 heavy (non-hydrogen) atoms. The zero-order chi connectivity index (χ0) is 11.1. The van der Waals surface area contributed by atoms with E-state index in [1.807, 2.05) is 12.1 Å². The summed E-state index contributed by atoms with van der Waals surface area (Å²) in [6, 6.07) is 3.76. The molecule has 1 N–H and O–H groups in total. The Morgan fingerprint density at radius 1 is 1.47 bits per heavy atom. The third-order valence-electron chi connectivity index (χ3n) is 2.98. The van der Waals surface area contributed by atoms with Crippen LogP contribution in [0.4, 0.5) is 0 Å². The first-order valence-corrected chi connectivity index (χ1v) is 5.58. The van der Waals surface area contributed by atoms with Crippen molar-refractivity contribution in [2.24, 2.45) is 0 Å². The first-order valence-electron chi connectivity index (χ1n) is 5.20. The Hall–Kier alpha value is -0.730. The van der Waals surface area contributed by atoms with Crippen molar-refractivity contribution in [2.75, 3.05) is 7.11 Å². The van der Waals surface area contributed by atoms with Crippen LogP contribution in [-0.4, -0.2) is 12.2 Å². The van der Waals surface area contributed by atoms with E-state index in [0.29, 0.717) is 10.8 Å². The molecule has 1 aliphatic carbocycles. The van der Waals surface area contributed by atoms with Crippen molar-refractivity contribution in [3.63, 3.8) is 0 Å². The molecule has 0 aliphatic heterocycles. The van der Waals surface area contributed by atoms with Crippen LogP contribution in [0.15, 0.2) is 12.1 Å². The van der Waals surface area contributed by atoms with Gasteiger partial charge in [0, 0.05) is 0 Å². The van der Waals surface area contributed by atoms with E-state index in [1.54, 1.807) is 7.11 Å². The predicted octanol–water partition coefficient (Wildman–Crippen LogP) is 2.89. The van der Waals surface area contributed by atoms with E-state index in [-0.39, 0.29) is 0 Å². The molecule has 0 heterocycles. The van der Waals surface area contributed by atoms with Gasteiger partial charge in [0.2, 0.25) is 0 Å². The highest BCUT2D eigenvalue weighted by Crippen LogP contribution is 2.48. The molecule has 0 amide bonds. The molecule has 0 unspecified atom stereocenters. The molecule has 0 spiro atoms. The van der Waals surface area contributed by atoms with Gasteiger partial charge >= 0.3 is 0 Å². The maximum Gasteiger partial charge on any atom is 0.137 e. The number of rotatable bonds is 3. The van der Waals surface area contributed by atoms with E-state index in [2.05, 4.69) is 6.92 Å². The van der Waals surface area contributed by atoms with Gasteiger partial charge in [0.1, 0.15) is 5.75 Å². The molecule has 0 radical (unpaired) electrons. The lowest BCUT2D eigenvalue weighted by atomic mass is 9.98. The molecule has 0 atom stereocenters. The van der Waals surface area contributed by atoms with E-state index < -0.39 is 5.60 Å². The number of benzene rings is 1. The zero-order valence-corrected chi connectivity index (χ0v) is 9.77. The average molecular weight is 227 g/mol. The van der Waals surface area contributed by atoms with E-state index in [0.717, 1.165) is 30.4 Å². The van der Waals surface area contributed by atoms with Crippen molar-refractivity contribution in [3.05, 3.63) is 28.3 Å². The molecular weight excluding hydrogens is 212 g/mol. The summed E-state index contributed by atoms with van der Waals surface area (Å²) >= 11 is 6.06. The first kappa shape index (κ1) is 10.8. The number of aryl methyl sites for hydroxylation is 1. The monoisotopic (exact) mass is 226 g/mol. The van der Waals surface area contributed by atoms with Gasteiger partial charge in [-0.25, -0.2) is 0 Å². The Morgan fingerprint density at radius 2 is 2.13 bits per heavy atom. The Morgan fingerprint density at radius 3 is 2.60 bits per heavy atom. The van der Waals surface area contributed by atoms with Crippen LogP contribution in [0, 0.1) is 0 Å². The molecule has 1 aromatic rings. The van der Waals surface area contributed by atoms with Crippen LogP contribution in [0.2, 0.25) is 5.02 Å². The van der Waals surface area contributed by atoms with E-state index >= 15 is 0 Å². The molecule has 82 valence electrons. The normalized spacial score (nSPS) is 17.6. The first-order chi connectivity index (χ1) is 7.10. The summed E-state index contributed by atoms with van der Waals surface area (Å²) in [6.07, 6.45) is 2.55. The SMILES string of the molecule is CCc1cc(OC)c(Cl)cc1C1(O)CC1. The van der Waals surface area contributed by atoms with Crippen molar-refractivity contribution < 1.29 is 9.84 Å². The Balaban J connectivity index is 2.50. The highest BCUT2D eigenvalue weighted by Gasteiger charge is 2.43. The highest BCUT2D eigenvalue weighted by atomic mass is 35.5. The van der Waals surface area contributed by atoms with Gasteiger partial charge < -0.3 is 9.84 Å². The summed E-state index contributed by atoms with van der Waals surface area (Å²) in [5.74, 6) is 0.682. The van der Waals surface area contributed by atoms with Crippen LogP contribution in [0.3, 0.4) is 0 Å². The highest BCUT2D eigenvalue weighted by molar-refractivity contribution is 6.32. The zero-order valence-electron chi connectivity index (χ0n) is 9.01. The average Bonchev–Trinajstić information content (AvgIpc) is 2.97. The van der Waals surface area contributed by atoms with Gasteiger partial charge in [-0.1, -0.05) is 18.5 Å². The maximum atomic E-state index is 10.1. The van der Waals surface area contributed by atoms with Crippen molar-refractivity contribution in [1.29, 1.82) is 0 Å². The van der Waals surface area contributed by atoms with Crippen LogP contribution < -0.4 is 4.74 Å². The molecule has 0 bridgehead atoms. The molecule has 0 saturated heterocycles. The maximum absolute atomic E-state index is 10.1. The van der Waals surface area contributed by atoms with Crippen molar-refractivity contribution in [2.45, 2.75) is 31.8 Å². The largest absolute Gasteiger partial charge is 0.495 e. The van der Waals surface area contributed by atoms with Gasteiger partial charge in [-0.3, -0.25) is 0 Å². The quantitative estimate of drug-likeness (QED) is 0.859. The molecule has 1 saturated carbocycles. The summed E-state index contributed by atoms with van der Waals surface area (Å²) in [5, 5.41) is 10.7. The van der Waals surface area contributed by atoms with Gasteiger partial charge in [0.15, 0.2) is 0 Å². The second-order valence-corrected chi connectivity index (χ2v) is 4.44.